The van der Waals surface area contributed by atoms with Crippen LogP contribution < -0.4 is 4.74 Å². The average Bonchev–Trinajstić information content (AvgIpc) is 2.15. The molecule has 1 heterocycles. The monoisotopic (exact) mass is 140 g/mol. The molecule has 0 radical (unpaired) electrons. The van der Waals surface area contributed by atoms with Gasteiger partial charge in [0.1, 0.15) is 0 Å². The fourth-order valence-electron chi connectivity index (χ4n) is 0.719. The van der Waals surface area contributed by atoms with Crippen molar-refractivity contribution in [3.05, 3.63) is 12.3 Å². The molecule has 1 rings (SSSR count). The second kappa shape index (κ2) is 2.73. The zero-order valence-corrected chi connectivity index (χ0v) is 6.53. The summed E-state index contributed by atoms with van der Waals surface area (Å²) in [4.78, 5) is 0. The van der Waals surface area contributed by atoms with Crippen molar-refractivity contribution in [2.75, 3.05) is 0 Å². The van der Waals surface area contributed by atoms with Crippen molar-refractivity contribution in [3.8, 4) is 5.88 Å². The number of rotatable bonds is 2. The number of hydrogen-bond donors (Lipinski definition) is 0. The van der Waals surface area contributed by atoms with Crippen LogP contribution in [0.2, 0.25) is 0 Å². The molecule has 0 aliphatic rings. The van der Waals surface area contributed by atoms with Gasteiger partial charge in [-0.25, -0.2) is 4.68 Å². The van der Waals surface area contributed by atoms with Gasteiger partial charge in [0.2, 0.25) is 5.88 Å². The molecule has 0 saturated carbocycles. The lowest BCUT2D eigenvalue weighted by molar-refractivity contribution is 0.221. The minimum atomic E-state index is 0.218. The molecule has 1 aromatic heterocycles. The normalized spacial score (nSPS) is 10.4. The molecule has 0 N–H and O–H groups in total. The number of nitrogens with zero attached hydrogens (tertiary/aromatic N) is 2. The van der Waals surface area contributed by atoms with Gasteiger partial charge in [0.15, 0.2) is 0 Å². The van der Waals surface area contributed by atoms with E-state index in [-0.39, 0.29) is 6.10 Å². The second-order valence-electron chi connectivity index (χ2n) is 2.46. The Morgan fingerprint density at radius 2 is 2.30 bits per heavy atom. The number of ether oxygens (including phenoxy) is 1. The Hall–Kier alpha value is -0.990. The van der Waals surface area contributed by atoms with E-state index in [2.05, 4.69) is 5.10 Å². The predicted octanol–water partition coefficient (Wildman–Crippen LogP) is 1.21. The van der Waals surface area contributed by atoms with Crippen LogP contribution >= 0.6 is 0 Å². The van der Waals surface area contributed by atoms with Crippen molar-refractivity contribution in [1.29, 1.82) is 0 Å². The highest BCUT2D eigenvalue weighted by Crippen LogP contribution is 2.08. The lowest BCUT2D eigenvalue weighted by Gasteiger charge is -2.07. The van der Waals surface area contributed by atoms with Crippen LogP contribution in [0.1, 0.15) is 13.8 Å². The van der Waals surface area contributed by atoms with Crippen molar-refractivity contribution < 1.29 is 4.74 Å². The topological polar surface area (TPSA) is 27.1 Å². The molecular formula is C7H12N2O. The van der Waals surface area contributed by atoms with Gasteiger partial charge in [-0.05, 0) is 13.8 Å². The predicted molar refractivity (Wildman–Crippen MR) is 39.0 cm³/mol. The van der Waals surface area contributed by atoms with E-state index >= 15 is 0 Å². The first kappa shape index (κ1) is 7.12. The van der Waals surface area contributed by atoms with Crippen LogP contribution in [0, 0.1) is 0 Å². The first-order chi connectivity index (χ1) is 4.70. The molecule has 0 unspecified atom stereocenters. The van der Waals surface area contributed by atoms with Crippen molar-refractivity contribution in [2.45, 2.75) is 20.0 Å². The maximum absolute atomic E-state index is 5.39. The minimum absolute atomic E-state index is 0.218. The quantitative estimate of drug-likeness (QED) is 0.617. The smallest absolute Gasteiger partial charge is 0.211 e. The first-order valence-corrected chi connectivity index (χ1v) is 3.35. The number of hydrogen-bond acceptors (Lipinski definition) is 2. The summed E-state index contributed by atoms with van der Waals surface area (Å²) in [6.07, 6.45) is 1.94. The molecule has 0 atom stereocenters. The van der Waals surface area contributed by atoms with Crippen LogP contribution in [0.4, 0.5) is 0 Å². The van der Waals surface area contributed by atoms with E-state index in [9.17, 15) is 0 Å². The summed E-state index contributed by atoms with van der Waals surface area (Å²) in [5.41, 5.74) is 0. The number of aromatic nitrogens is 2. The Labute approximate surface area is 60.6 Å². The minimum Gasteiger partial charge on any atom is -0.475 e. The summed E-state index contributed by atoms with van der Waals surface area (Å²) in [5.74, 6) is 0.815. The molecule has 0 amide bonds. The molecule has 0 fully saturated rings. The molecule has 3 heteroatoms. The van der Waals surface area contributed by atoms with E-state index < -0.39 is 0 Å². The third-order valence-corrected chi connectivity index (χ3v) is 1.13. The fraction of sp³-hybridized carbons (Fsp3) is 0.571. The molecule has 56 valence electrons. The third-order valence-electron chi connectivity index (χ3n) is 1.13. The van der Waals surface area contributed by atoms with E-state index in [0.29, 0.717) is 0 Å². The molecule has 0 bridgehead atoms. The van der Waals surface area contributed by atoms with Crippen molar-refractivity contribution in [1.82, 2.24) is 9.78 Å². The van der Waals surface area contributed by atoms with Crippen LogP contribution in [0.3, 0.4) is 0 Å². The first-order valence-electron chi connectivity index (χ1n) is 3.35. The Kier molecular flexibility index (Phi) is 1.94. The molecule has 0 spiro atoms. The van der Waals surface area contributed by atoms with Crippen molar-refractivity contribution in [2.24, 2.45) is 7.05 Å². The lowest BCUT2D eigenvalue weighted by Crippen LogP contribution is -2.08. The largest absolute Gasteiger partial charge is 0.475 e. The van der Waals surface area contributed by atoms with Gasteiger partial charge >= 0.3 is 0 Å². The fourth-order valence-corrected chi connectivity index (χ4v) is 0.719. The number of aryl methyl sites for hydroxylation is 1. The summed E-state index contributed by atoms with van der Waals surface area (Å²) in [6.45, 7) is 3.99. The Balaban J connectivity index is 2.65. The lowest BCUT2D eigenvalue weighted by atomic mass is 10.5. The zero-order chi connectivity index (χ0) is 7.56. The molecule has 0 aliphatic carbocycles. The SMILES string of the molecule is CC(C)Oc1ccnn1C. The van der Waals surface area contributed by atoms with Crippen LogP contribution in [0.15, 0.2) is 12.3 Å². The van der Waals surface area contributed by atoms with Gasteiger partial charge in [-0.1, -0.05) is 0 Å². The Morgan fingerprint density at radius 3 is 2.70 bits per heavy atom. The van der Waals surface area contributed by atoms with Gasteiger partial charge in [0.25, 0.3) is 0 Å². The van der Waals surface area contributed by atoms with Crippen molar-refractivity contribution >= 4 is 0 Å². The molecule has 3 nitrogen and oxygen atoms in total. The Bertz CT molecular complexity index is 205. The molecule has 1 aromatic rings. The molecule has 0 saturated heterocycles. The standard InChI is InChI=1S/C7H12N2O/c1-6(2)10-7-4-5-8-9(7)3/h4-6H,1-3H3. The second-order valence-corrected chi connectivity index (χ2v) is 2.46. The summed E-state index contributed by atoms with van der Waals surface area (Å²) in [5, 5.41) is 3.96. The van der Waals surface area contributed by atoms with Gasteiger partial charge in [-0.15, -0.1) is 0 Å². The molecular weight excluding hydrogens is 128 g/mol. The van der Waals surface area contributed by atoms with Gasteiger partial charge < -0.3 is 4.74 Å². The van der Waals surface area contributed by atoms with Crippen LogP contribution in [0.5, 0.6) is 5.88 Å². The van der Waals surface area contributed by atoms with Crippen LogP contribution in [-0.4, -0.2) is 15.9 Å². The maximum Gasteiger partial charge on any atom is 0.211 e. The van der Waals surface area contributed by atoms with Gasteiger partial charge in [0.05, 0.1) is 12.3 Å². The van der Waals surface area contributed by atoms with E-state index in [1.165, 1.54) is 0 Å². The highest BCUT2D eigenvalue weighted by atomic mass is 16.5. The van der Waals surface area contributed by atoms with E-state index in [4.69, 9.17) is 4.74 Å². The van der Waals surface area contributed by atoms with E-state index in [1.54, 1.807) is 10.9 Å². The molecule has 0 aliphatic heterocycles. The highest BCUT2D eigenvalue weighted by molar-refractivity contribution is 5.06. The molecule has 0 aromatic carbocycles. The summed E-state index contributed by atoms with van der Waals surface area (Å²) < 4.78 is 7.09. The van der Waals surface area contributed by atoms with Gasteiger partial charge in [0, 0.05) is 13.1 Å². The van der Waals surface area contributed by atoms with Gasteiger partial charge in [-0.3, -0.25) is 0 Å². The van der Waals surface area contributed by atoms with E-state index in [1.807, 2.05) is 27.0 Å². The Morgan fingerprint density at radius 1 is 1.60 bits per heavy atom. The third kappa shape index (κ3) is 1.50. The van der Waals surface area contributed by atoms with Crippen LogP contribution in [0.25, 0.3) is 0 Å². The van der Waals surface area contributed by atoms with Crippen molar-refractivity contribution in [3.63, 3.8) is 0 Å². The molecule has 10 heavy (non-hydrogen) atoms. The van der Waals surface area contributed by atoms with E-state index in [0.717, 1.165) is 5.88 Å². The summed E-state index contributed by atoms with van der Waals surface area (Å²) in [6, 6.07) is 1.85. The summed E-state index contributed by atoms with van der Waals surface area (Å²) in [7, 11) is 1.86. The highest BCUT2D eigenvalue weighted by Gasteiger charge is 1.99. The average molecular weight is 140 g/mol. The van der Waals surface area contributed by atoms with Crippen LogP contribution in [-0.2, 0) is 7.05 Å². The maximum atomic E-state index is 5.39. The van der Waals surface area contributed by atoms with Gasteiger partial charge in [-0.2, -0.15) is 5.10 Å². The zero-order valence-electron chi connectivity index (χ0n) is 6.53. The summed E-state index contributed by atoms with van der Waals surface area (Å²) >= 11 is 0.